The predicted molar refractivity (Wildman–Crippen MR) is 135 cm³/mol. The van der Waals surface area contributed by atoms with E-state index in [0.717, 1.165) is 11.3 Å². The molecule has 12 heteroatoms. The number of carbonyl (C=O) groups excluding carboxylic acids is 1. The first-order chi connectivity index (χ1) is 17.8. The number of amides is 1. The van der Waals surface area contributed by atoms with E-state index in [1.165, 1.54) is 0 Å². The molecule has 37 heavy (non-hydrogen) atoms. The number of aryl methyl sites for hydroxylation is 2. The Bertz CT molecular complexity index is 1510. The summed E-state index contributed by atoms with van der Waals surface area (Å²) in [5.74, 6) is 1.86. The van der Waals surface area contributed by atoms with Crippen LogP contribution in [-0.2, 0) is 17.8 Å². The van der Waals surface area contributed by atoms with Crippen molar-refractivity contribution in [1.29, 1.82) is 0 Å². The van der Waals surface area contributed by atoms with Crippen LogP contribution in [0.3, 0.4) is 0 Å². The van der Waals surface area contributed by atoms with Crippen LogP contribution in [0.4, 0.5) is 5.69 Å². The fraction of sp³-hybridized carbons (Fsp3) is 0.240. The fourth-order valence-corrected chi connectivity index (χ4v) is 3.85. The molecule has 0 saturated heterocycles. The molecule has 4 N–H and O–H groups in total. The van der Waals surface area contributed by atoms with Gasteiger partial charge in [-0.1, -0.05) is 17.2 Å². The van der Waals surface area contributed by atoms with Crippen molar-refractivity contribution in [2.45, 2.75) is 32.4 Å². The minimum atomic E-state index is -1.16. The predicted octanol–water partition coefficient (Wildman–Crippen LogP) is 1.20. The van der Waals surface area contributed by atoms with Gasteiger partial charge in [0.05, 0.1) is 17.4 Å². The summed E-state index contributed by atoms with van der Waals surface area (Å²) in [6, 6.07) is 11.0. The molecule has 4 rings (SSSR count). The molecule has 0 aliphatic rings. The van der Waals surface area contributed by atoms with E-state index in [9.17, 15) is 19.5 Å². The smallest absolute Gasteiger partial charge is 0.326 e. The minimum Gasteiger partial charge on any atom is -0.480 e. The number of H-pyrrole nitrogens is 2. The highest BCUT2D eigenvalue weighted by molar-refractivity contribution is 5.96. The summed E-state index contributed by atoms with van der Waals surface area (Å²) >= 11 is 0. The lowest BCUT2D eigenvalue weighted by atomic mass is 10.1. The maximum atomic E-state index is 12.7. The Morgan fingerprint density at radius 2 is 2.00 bits per heavy atom. The van der Waals surface area contributed by atoms with Crippen molar-refractivity contribution < 1.29 is 14.7 Å². The monoisotopic (exact) mass is 500 g/mol. The first-order valence-corrected chi connectivity index (χ1v) is 11.4. The number of anilines is 1. The number of aromatic amines is 2. The molecule has 2 aromatic carbocycles. The Kier molecular flexibility index (Phi) is 7.53. The zero-order chi connectivity index (χ0) is 26.4. The molecule has 0 radical (unpaired) electrons. The topological polar surface area (TPSA) is 170 Å². The van der Waals surface area contributed by atoms with Crippen molar-refractivity contribution >= 4 is 28.5 Å². The molecule has 2 aromatic heterocycles. The van der Waals surface area contributed by atoms with Crippen LogP contribution in [0, 0.1) is 19.3 Å². The number of hydrogen-bond donors (Lipinski definition) is 4. The Morgan fingerprint density at radius 3 is 2.68 bits per heavy atom. The van der Waals surface area contributed by atoms with Crippen LogP contribution >= 0.6 is 0 Å². The van der Waals surface area contributed by atoms with E-state index in [2.05, 4.69) is 41.8 Å². The average molecular weight is 501 g/mol. The van der Waals surface area contributed by atoms with E-state index in [1.807, 2.05) is 11.0 Å². The van der Waals surface area contributed by atoms with Crippen LogP contribution in [0.2, 0.25) is 0 Å². The first kappa shape index (κ1) is 25.1. The SMILES string of the molecule is C#CCN(Cc1ccc2nc(C)[nH]c(=O)c2c1)c1ccc(C(=O)NC(CCc2nn[nH]n2)C(=O)O)cc1. The number of nitrogens with zero attached hydrogens (tertiary/aromatic N) is 5. The maximum absolute atomic E-state index is 12.7. The summed E-state index contributed by atoms with van der Waals surface area (Å²) in [7, 11) is 0. The normalized spacial score (nSPS) is 11.6. The largest absolute Gasteiger partial charge is 0.480 e. The van der Waals surface area contributed by atoms with Gasteiger partial charge in [-0.3, -0.25) is 9.59 Å². The van der Waals surface area contributed by atoms with Gasteiger partial charge in [-0.25, -0.2) is 9.78 Å². The molecule has 1 amide bonds. The van der Waals surface area contributed by atoms with E-state index in [-0.39, 0.29) is 18.4 Å². The van der Waals surface area contributed by atoms with Crippen LogP contribution in [0.1, 0.15) is 34.0 Å². The molecule has 0 bridgehead atoms. The average Bonchev–Trinajstić information content (AvgIpc) is 3.40. The number of rotatable bonds is 10. The molecule has 0 aliphatic carbocycles. The first-order valence-electron chi connectivity index (χ1n) is 11.4. The van der Waals surface area contributed by atoms with Gasteiger partial charge in [0.25, 0.3) is 11.5 Å². The lowest BCUT2D eigenvalue weighted by Crippen LogP contribution is -2.41. The van der Waals surface area contributed by atoms with Gasteiger partial charge in [-0.05, 0) is 55.3 Å². The second-order valence-electron chi connectivity index (χ2n) is 8.34. The molecule has 1 atom stereocenters. The molecule has 188 valence electrons. The summed E-state index contributed by atoms with van der Waals surface area (Å²) in [4.78, 5) is 45.6. The van der Waals surface area contributed by atoms with Gasteiger partial charge in [0.15, 0.2) is 5.82 Å². The number of carbonyl (C=O) groups is 2. The molecule has 2 heterocycles. The zero-order valence-corrected chi connectivity index (χ0v) is 19.9. The number of aromatic nitrogens is 6. The number of benzene rings is 2. The number of nitrogens with one attached hydrogen (secondary N) is 3. The maximum Gasteiger partial charge on any atom is 0.326 e. The highest BCUT2D eigenvalue weighted by atomic mass is 16.4. The number of tetrazole rings is 1. The fourth-order valence-electron chi connectivity index (χ4n) is 3.85. The second-order valence-corrected chi connectivity index (χ2v) is 8.34. The van der Waals surface area contributed by atoms with Crippen LogP contribution < -0.4 is 15.8 Å². The molecule has 0 aliphatic heterocycles. The van der Waals surface area contributed by atoms with E-state index in [4.69, 9.17) is 6.42 Å². The summed E-state index contributed by atoms with van der Waals surface area (Å²) < 4.78 is 0. The van der Waals surface area contributed by atoms with Gasteiger partial charge in [-0.15, -0.1) is 16.6 Å². The number of terminal acetylenes is 1. The molecule has 0 saturated carbocycles. The lowest BCUT2D eigenvalue weighted by molar-refractivity contribution is -0.139. The Morgan fingerprint density at radius 1 is 1.22 bits per heavy atom. The summed E-state index contributed by atoms with van der Waals surface area (Å²) in [5.41, 5.74) is 2.33. The Hall–Kier alpha value is -5.05. The number of aliphatic carboxylic acids is 1. The van der Waals surface area contributed by atoms with Crippen molar-refractivity contribution in [3.63, 3.8) is 0 Å². The summed E-state index contributed by atoms with van der Waals surface area (Å²) in [6.45, 7) is 2.45. The highest BCUT2D eigenvalue weighted by Gasteiger charge is 2.21. The zero-order valence-electron chi connectivity index (χ0n) is 19.9. The standard InChI is InChI=1S/C25H24N8O4/c1-3-12-33(14-16-4-9-20-19(13-16)24(35)27-15(2)26-20)18-7-5-17(6-8-18)23(34)28-21(25(36)37)10-11-22-29-31-32-30-22/h1,4-9,13,21H,10-12,14H2,2H3,(H,28,34)(H,36,37)(H,26,27,35)(H,29,30,31,32). The third-order valence-corrected chi connectivity index (χ3v) is 5.69. The molecule has 12 nitrogen and oxygen atoms in total. The summed E-state index contributed by atoms with van der Waals surface area (Å²) in [5, 5.41) is 25.8. The van der Waals surface area contributed by atoms with Crippen molar-refractivity contribution in [3.8, 4) is 12.3 Å². The van der Waals surface area contributed by atoms with Gasteiger partial charge < -0.3 is 20.3 Å². The van der Waals surface area contributed by atoms with Gasteiger partial charge in [0.1, 0.15) is 11.9 Å². The van der Waals surface area contributed by atoms with Crippen LogP contribution in [-0.4, -0.2) is 60.2 Å². The van der Waals surface area contributed by atoms with Gasteiger partial charge >= 0.3 is 5.97 Å². The third kappa shape index (κ3) is 6.15. The quantitative estimate of drug-likeness (QED) is 0.234. The number of hydrogen-bond acceptors (Lipinski definition) is 8. The molecule has 0 spiro atoms. The van der Waals surface area contributed by atoms with Crippen molar-refractivity contribution in [1.82, 2.24) is 35.9 Å². The van der Waals surface area contributed by atoms with Gasteiger partial charge in [0.2, 0.25) is 0 Å². The van der Waals surface area contributed by atoms with Crippen LogP contribution in [0.25, 0.3) is 10.9 Å². The van der Waals surface area contributed by atoms with E-state index in [0.29, 0.717) is 41.2 Å². The number of fused-ring (bicyclic) bond motifs is 1. The Balaban J connectivity index is 1.46. The molecular weight excluding hydrogens is 476 g/mol. The van der Waals surface area contributed by atoms with Crippen molar-refractivity contribution in [2.75, 3.05) is 11.4 Å². The van der Waals surface area contributed by atoms with Crippen molar-refractivity contribution in [2.24, 2.45) is 0 Å². The number of carboxylic acid groups (broad SMARTS) is 1. The van der Waals surface area contributed by atoms with E-state index in [1.54, 1.807) is 43.3 Å². The summed E-state index contributed by atoms with van der Waals surface area (Å²) in [6.07, 6.45) is 5.93. The van der Waals surface area contributed by atoms with Crippen LogP contribution in [0.15, 0.2) is 47.3 Å². The molecule has 4 aromatic rings. The van der Waals surface area contributed by atoms with E-state index < -0.39 is 17.9 Å². The van der Waals surface area contributed by atoms with E-state index >= 15 is 0 Å². The minimum absolute atomic E-state index is 0.109. The second kappa shape index (κ2) is 11.1. The molecular formula is C25H24N8O4. The van der Waals surface area contributed by atoms with Gasteiger partial charge in [0, 0.05) is 24.2 Å². The number of carboxylic acids is 1. The molecule has 1 unspecified atom stereocenters. The van der Waals surface area contributed by atoms with Crippen molar-refractivity contribution in [3.05, 3.63) is 75.6 Å². The lowest BCUT2D eigenvalue weighted by Gasteiger charge is -2.23. The van der Waals surface area contributed by atoms with Crippen LogP contribution in [0.5, 0.6) is 0 Å². The highest BCUT2D eigenvalue weighted by Crippen LogP contribution is 2.20. The third-order valence-electron chi connectivity index (χ3n) is 5.69. The van der Waals surface area contributed by atoms with Gasteiger partial charge in [-0.2, -0.15) is 5.21 Å². The Labute approximate surface area is 211 Å². The molecule has 0 fully saturated rings.